The molecular formula is C14H14N4. The van der Waals surface area contributed by atoms with Crippen molar-refractivity contribution in [2.24, 2.45) is 0 Å². The molecule has 0 aliphatic heterocycles. The van der Waals surface area contributed by atoms with Crippen molar-refractivity contribution in [3.63, 3.8) is 0 Å². The predicted molar refractivity (Wildman–Crippen MR) is 71.9 cm³/mol. The summed E-state index contributed by atoms with van der Waals surface area (Å²) < 4.78 is 0. The highest BCUT2D eigenvalue weighted by Crippen LogP contribution is 2.19. The second-order valence-corrected chi connectivity index (χ2v) is 4.04. The molecule has 0 aliphatic carbocycles. The van der Waals surface area contributed by atoms with Gasteiger partial charge in [0.15, 0.2) is 0 Å². The number of hydrogen-bond donors (Lipinski definition) is 1. The number of rotatable bonds is 3. The third-order valence-corrected chi connectivity index (χ3v) is 2.66. The summed E-state index contributed by atoms with van der Waals surface area (Å²) in [7, 11) is 1.93. The molecule has 0 fully saturated rings. The number of anilines is 2. The van der Waals surface area contributed by atoms with Crippen molar-refractivity contribution >= 4 is 11.5 Å². The van der Waals surface area contributed by atoms with Gasteiger partial charge in [-0.2, -0.15) is 5.26 Å². The molecule has 0 amide bonds. The molecule has 2 aromatic rings. The van der Waals surface area contributed by atoms with E-state index in [-0.39, 0.29) is 0 Å². The zero-order valence-corrected chi connectivity index (χ0v) is 10.2. The Hall–Kier alpha value is -2.54. The quantitative estimate of drug-likeness (QED) is 0.890. The van der Waals surface area contributed by atoms with Crippen LogP contribution in [0.4, 0.5) is 11.5 Å². The fourth-order valence-electron chi connectivity index (χ4n) is 1.82. The largest absolute Gasteiger partial charge is 0.384 e. The lowest BCUT2D eigenvalue weighted by molar-refractivity contribution is 0.886. The fourth-order valence-corrected chi connectivity index (χ4v) is 1.82. The maximum Gasteiger partial charge on any atom is 0.123 e. The van der Waals surface area contributed by atoms with E-state index in [1.165, 1.54) is 0 Å². The molecule has 0 saturated carbocycles. The molecule has 0 saturated heterocycles. The van der Waals surface area contributed by atoms with E-state index in [0.717, 1.165) is 11.4 Å². The second-order valence-electron chi connectivity index (χ2n) is 4.04. The van der Waals surface area contributed by atoms with E-state index in [9.17, 15) is 0 Å². The van der Waals surface area contributed by atoms with Crippen LogP contribution in [0, 0.1) is 11.3 Å². The van der Waals surface area contributed by atoms with E-state index >= 15 is 0 Å². The van der Waals surface area contributed by atoms with Gasteiger partial charge in [0.2, 0.25) is 0 Å². The van der Waals surface area contributed by atoms with Gasteiger partial charge in [-0.15, -0.1) is 0 Å². The zero-order valence-electron chi connectivity index (χ0n) is 10.2. The number of aromatic nitrogens is 1. The Labute approximate surface area is 106 Å². The molecule has 90 valence electrons. The molecule has 0 bridgehead atoms. The lowest BCUT2D eigenvalue weighted by atomic mass is 10.2. The van der Waals surface area contributed by atoms with Crippen LogP contribution in [0.1, 0.15) is 11.3 Å². The maximum atomic E-state index is 9.07. The summed E-state index contributed by atoms with van der Waals surface area (Å²) in [6, 6.07) is 15.2. The first-order valence-corrected chi connectivity index (χ1v) is 5.62. The van der Waals surface area contributed by atoms with E-state index in [0.29, 0.717) is 17.9 Å². The van der Waals surface area contributed by atoms with Crippen molar-refractivity contribution < 1.29 is 0 Å². The smallest absolute Gasteiger partial charge is 0.123 e. The first-order valence-electron chi connectivity index (χ1n) is 5.62. The molecule has 0 spiro atoms. The SMILES string of the molecule is CN(Cc1cccc(N)n1)c1ccccc1C#N. The van der Waals surface area contributed by atoms with Crippen molar-refractivity contribution in [1.29, 1.82) is 5.26 Å². The van der Waals surface area contributed by atoms with Crippen LogP contribution in [0.3, 0.4) is 0 Å². The highest BCUT2D eigenvalue weighted by molar-refractivity contribution is 5.58. The van der Waals surface area contributed by atoms with Crippen molar-refractivity contribution in [3.8, 4) is 6.07 Å². The fraction of sp³-hybridized carbons (Fsp3) is 0.143. The van der Waals surface area contributed by atoms with Crippen molar-refractivity contribution in [2.45, 2.75) is 6.54 Å². The lowest BCUT2D eigenvalue weighted by Crippen LogP contribution is -2.18. The standard InChI is InChI=1S/C14H14N4/c1-18(10-12-6-4-8-14(16)17-12)13-7-3-2-5-11(13)9-15/h2-8H,10H2,1H3,(H2,16,17). The molecule has 1 heterocycles. The van der Waals surface area contributed by atoms with Crippen molar-refractivity contribution in [2.75, 3.05) is 17.7 Å². The summed E-state index contributed by atoms with van der Waals surface area (Å²) in [5.41, 5.74) is 8.08. The Morgan fingerprint density at radius 3 is 2.72 bits per heavy atom. The van der Waals surface area contributed by atoms with Gasteiger partial charge in [0, 0.05) is 7.05 Å². The van der Waals surface area contributed by atoms with Crippen molar-refractivity contribution in [1.82, 2.24) is 4.98 Å². The third-order valence-electron chi connectivity index (χ3n) is 2.66. The number of nitriles is 1. The Kier molecular flexibility index (Phi) is 3.44. The molecule has 0 aliphatic rings. The van der Waals surface area contributed by atoms with Gasteiger partial charge in [0.25, 0.3) is 0 Å². The molecule has 18 heavy (non-hydrogen) atoms. The summed E-state index contributed by atoms with van der Waals surface area (Å²) in [5.74, 6) is 0.509. The van der Waals surface area contributed by atoms with Gasteiger partial charge < -0.3 is 10.6 Å². The average Bonchev–Trinajstić information content (AvgIpc) is 2.38. The molecule has 0 atom stereocenters. The van der Waals surface area contributed by atoms with Gasteiger partial charge in [-0.05, 0) is 24.3 Å². The van der Waals surface area contributed by atoms with E-state index < -0.39 is 0 Å². The van der Waals surface area contributed by atoms with Crippen LogP contribution in [0.25, 0.3) is 0 Å². The second kappa shape index (κ2) is 5.19. The number of nitrogens with zero attached hydrogens (tertiary/aromatic N) is 3. The average molecular weight is 238 g/mol. The summed E-state index contributed by atoms with van der Waals surface area (Å²) in [4.78, 5) is 6.23. The van der Waals surface area contributed by atoms with Crippen LogP contribution < -0.4 is 10.6 Å². The summed E-state index contributed by atoms with van der Waals surface area (Å²) in [6.45, 7) is 0.615. The molecule has 1 aromatic carbocycles. The third kappa shape index (κ3) is 2.58. The van der Waals surface area contributed by atoms with Gasteiger partial charge in [0.05, 0.1) is 23.5 Å². The molecule has 2 rings (SSSR count). The first kappa shape index (κ1) is 11.9. The Morgan fingerprint density at radius 2 is 2.00 bits per heavy atom. The number of pyridine rings is 1. The minimum Gasteiger partial charge on any atom is -0.384 e. The van der Waals surface area contributed by atoms with Crippen LogP contribution in [0.2, 0.25) is 0 Å². The van der Waals surface area contributed by atoms with Crippen molar-refractivity contribution in [3.05, 3.63) is 53.7 Å². The van der Waals surface area contributed by atoms with Crippen LogP contribution in [0.15, 0.2) is 42.5 Å². The monoisotopic (exact) mass is 238 g/mol. The summed E-state index contributed by atoms with van der Waals surface area (Å²) in [5, 5.41) is 9.07. The highest BCUT2D eigenvalue weighted by Gasteiger charge is 2.07. The summed E-state index contributed by atoms with van der Waals surface area (Å²) >= 11 is 0. The molecule has 4 nitrogen and oxygen atoms in total. The summed E-state index contributed by atoms with van der Waals surface area (Å²) in [6.07, 6.45) is 0. The van der Waals surface area contributed by atoms with E-state index in [2.05, 4.69) is 11.1 Å². The van der Waals surface area contributed by atoms with Crippen LogP contribution in [-0.4, -0.2) is 12.0 Å². The lowest BCUT2D eigenvalue weighted by Gasteiger charge is -2.20. The van der Waals surface area contributed by atoms with Gasteiger partial charge in [-0.3, -0.25) is 0 Å². The first-order chi connectivity index (χ1) is 8.70. The maximum absolute atomic E-state index is 9.07. The molecule has 4 heteroatoms. The zero-order chi connectivity index (χ0) is 13.0. The van der Waals surface area contributed by atoms with Crippen LogP contribution in [-0.2, 0) is 6.54 Å². The number of para-hydroxylation sites is 1. The molecule has 1 aromatic heterocycles. The number of benzene rings is 1. The number of hydrogen-bond acceptors (Lipinski definition) is 4. The molecule has 0 unspecified atom stereocenters. The van der Waals surface area contributed by atoms with Gasteiger partial charge in [-0.25, -0.2) is 4.98 Å². The van der Waals surface area contributed by atoms with Crippen LogP contribution in [0.5, 0.6) is 0 Å². The minimum absolute atomic E-state index is 0.509. The Balaban J connectivity index is 2.22. The van der Waals surface area contributed by atoms with E-state index in [1.54, 1.807) is 12.1 Å². The molecule has 2 N–H and O–H groups in total. The Morgan fingerprint density at radius 1 is 1.22 bits per heavy atom. The Bertz CT molecular complexity index is 586. The number of nitrogen functional groups attached to an aromatic ring is 1. The van der Waals surface area contributed by atoms with Gasteiger partial charge >= 0.3 is 0 Å². The molecular weight excluding hydrogens is 224 g/mol. The normalized spacial score (nSPS) is 9.78. The van der Waals surface area contributed by atoms with E-state index in [4.69, 9.17) is 11.0 Å². The highest BCUT2D eigenvalue weighted by atomic mass is 15.1. The van der Waals surface area contributed by atoms with Gasteiger partial charge in [0.1, 0.15) is 11.9 Å². The number of nitrogens with two attached hydrogens (primary N) is 1. The topological polar surface area (TPSA) is 65.9 Å². The predicted octanol–water partition coefficient (Wildman–Crippen LogP) is 2.17. The minimum atomic E-state index is 0.509. The molecule has 0 radical (unpaired) electrons. The van der Waals surface area contributed by atoms with Crippen LogP contribution >= 0.6 is 0 Å². The van der Waals surface area contributed by atoms with Gasteiger partial charge in [-0.1, -0.05) is 18.2 Å². The van der Waals surface area contributed by atoms with E-state index in [1.807, 2.05) is 42.3 Å².